The van der Waals surface area contributed by atoms with Crippen LogP contribution in [0.5, 0.6) is 0 Å². The van der Waals surface area contributed by atoms with E-state index in [1.54, 1.807) is 12.1 Å². The summed E-state index contributed by atoms with van der Waals surface area (Å²) in [5.41, 5.74) is 4.98. The highest BCUT2D eigenvalue weighted by molar-refractivity contribution is 5.67. The lowest BCUT2D eigenvalue weighted by Crippen LogP contribution is -2.39. The summed E-state index contributed by atoms with van der Waals surface area (Å²) in [4.78, 5) is 13.8. The van der Waals surface area contributed by atoms with E-state index in [4.69, 9.17) is 0 Å². The molecule has 1 saturated carbocycles. The first-order valence-corrected chi connectivity index (χ1v) is 10.8. The van der Waals surface area contributed by atoms with Crippen molar-refractivity contribution in [2.24, 2.45) is 0 Å². The summed E-state index contributed by atoms with van der Waals surface area (Å²) in [7, 11) is 0. The lowest BCUT2D eigenvalue weighted by Gasteiger charge is -2.42. The van der Waals surface area contributed by atoms with Gasteiger partial charge in [-0.05, 0) is 30.0 Å². The summed E-state index contributed by atoms with van der Waals surface area (Å²) in [6.07, 6.45) is 6.08. The Morgan fingerprint density at radius 2 is 1.53 bits per heavy atom. The van der Waals surface area contributed by atoms with Crippen molar-refractivity contribution in [3.05, 3.63) is 106 Å². The van der Waals surface area contributed by atoms with Gasteiger partial charge in [0.25, 0.3) is 5.69 Å². The van der Waals surface area contributed by atoms with Gasteiger partial charge in [-0.15, -0.1) is 0 Å². The van der Waals surface area contributed by atoms with Crippen molar-refractivity contribution >= 4 is 11.4 Å². The van der Waals surface area contributed by atoms with Gasteiger partial charge in [0.1, 0.15) is 0 Å². The number of benzene rings is 3. The minimum Gasteiger partial charge on any atom is -0.359 e. The first-order valence-electron chi connectivity index (χ1n) is 10.8. The standard InChI is InChI=1S/C26H26N2O2/c29-28(30)23-15-7-5-13-21(23)19-27-24-16-8-6-14-22(24)26(17-9-2-10-18-26)25(27)20-11-3-1-4-12-20/h1,3-8,11-16,25H,2,9-10,17-19H2/t25-/m1/s1. The van der Waals surface area contributed by atoms with Crippen molar-refractivity contribution in [3.8, 4) is 0 Å². The Morgan fingerprint density at radius 1 is 0.867 bits per heavy atom. The lowest BCUT2D eigenvalue weighted by molar-refractivity contribution is -0.385. The fourth-order valence-electron chi connectivity index (χ4n) is 5.77. The normalized spacial score (nSPS) is 19.6. The number of hydrogen-bond donors (Lipinski definition) is 0. The molecule has 0 N–H and O–H groups in total. The van der Waals surface area contributed by atoms with Gasteiger partial charge in [0.2, 0.25) is 0 Å². The molecule has 0 saturated heterocycles. The van der Waals surface area contributed by atoms with Crippen LogP contribution in [0.4, 0.5) is 11.4 Å². The number of nitrogens with zero attached hydrogens (tertiary/aromatic N) is 2. The van der Waals surface area contributed by atoms with Gasteiger partial charge in [-0.3, -0.25) is 10.1 Å². The number of fused-ring (bicyclic) bond motifs is 2. The van der Waals surface area contributed by atoms with Crippen LogP contribution >= 0.6 is 0 Å². The third-order valence-electron chi connectivity index (χ3n) is 6.98. The molecule has 1 aliphatic heterocycles. The highest BCUT2D eigenvalue weighted by Gasteiger charge is 2.51. The first-order chi connectivity index (χ1) is 14.7. The zero-order chi connectivity index (χ0) is 20.6. The van der Waals surface area contributed by atoms with Crippen LogP contribution in [0.3, 0.4) is 0 Å². The van der Waals surface area contributed by atoms with E-state index in [2.05, 4.69) is 59.5 Å². The predicted octanol–water partition coefficient (Wildman–Crippen LogP) is 6.56. The number of nitro benzene ring substituents is 1. The Bertz CT molecular complexity index is 1060. The average molecular weight is 399 g/mol. The van der Waals surface area contributed by atoms with Gasteiger partial charge in [0, 0.05) is 22.7 Å². The average Bonchev–Trinajstić information content (AvgIpc) is 3.04. The largest absolute Gasteiger partial charge is 0.359 e. The summed E-state index contributed by atoms with van der Waals surface area (Å²) >= 11 is 0. The molecule has 1 spiro atoms. The van der Waals surface area contributed by atoms with Crippen molar-refractivity contribution in [1.29, 1.82) is 0 Å². The maximum Gasteiger partial charge on any atom is 0.274 e. The summed E-state index contributed by atoms with van der Waals surface area (Å²) in [6, 6.07) is 26.8. The lowest BCUT2D eigenvalue weighted by atomic mass is 9.65. The van der Waals surface area contributed by atoms with Gasteiger partial charge in [0.05, 0.1) is 17.5 Å². The molecule has 4 heteroatoms. The number of nitro groups is 1. The third-order valence-corrected chi connectivity index (χ3v) is 6.98. The molecule has 0 bridgehead atoms. The van der Waals surface area contributed by atoms with Crippen molar-refractivity contribution in [1.82, 2.24) is 0 Å². The zero-order valence-electron chi connectivity index (χ0n) is 17.0. The smallest absolute Gasteiger partial charge is 0.274 e. The molecule has 1 heterocycles. The van der Waals surface area contributed by atoms with Crippen molar-refractivity contribution in [3.63, 3.8) is 0 Å². The monoisotopic (exact) mass is 398 g/mol. The predicted molar refractivity (Wildman–Crippen MR) is 120 cm³/mol. The van der Waals surface area contributed by atoms with E-state index >= 15 is 0 Å². The molecule has 1 aliphatic carbocycles. The minimum atomic E-state index is -0.259. The summed E-state index contributed by atoms with van der Waals surface area (Å²) in [5, 5.41) is 11.7. The molecular formula is C26H26N2O2. The molecule has 0 amide bonds. The van der Waals surface area contributed by atoms with E-state index < -0.39 is 0 Å². The van der Waals surface area contributed by atoms with E-state index in [1.165, 1.54) is 36.1 Å². The molecule has 1 atom stereocenters. The molecule has 3 aromatic rings. The number of hydrogen-bond acceptors (Lipinski definition) is 3. The van der Waals surface area contributed by atoms with Crippen LogP contribution in [-0.4, -0.2) is 4.92 Å². The topological polar surface area (TPSA) is 46.4 Å². The fraction of sp³-hybridized carbons (Fsp3) is 0.308. The molecule has 0 unspecified atom stereocenters. The number of anilines is 1. The van der Waals surface area contributed by atoms with Crippen LogP contribution in [-0.2, 0) is 12.0 Å². The molecule has 2 aliphatic rings. The Labute approximate surface area is 177 Å². The summed E-state index contributed by atoms with van der Waals surface area (Å²) in [6.45, 7) is 0.537. The van der Waals surface area contributed by atoms with E-state index in [0.717, 1.165) is 18.4 Å². The quantitative estimate of drug-likeness (QED) is 0.369. The molecule has 152 valence electrons. The second kappa shape index (κ2) is 7.60. The molecule has 5 rings (SSSR count). The van der Waals surface area contributed by atoms with Gasteiger partial charge in [-0.2, -0.15) is 0 Å². The van der Waals surface area contributed by atoms with E-state index in [0.29, 0.717) is 6.54 Å². The second-order valence-electron chi connectivity index (χ2n) is 8.56. The Balaban J connectivity index is 1.67. The maximum absolute atomic E-state index is 11.7. The molecule has 0 aromatic heterocycles. The number of para-hydroxylation sites is 2. The highest BCUT2D eigenvalue weighted by atomic mass is 16.6. The molecule has 4 nitrogen and oxygen atoms in total. The second-order valence-corrected chi connectivity index (χ2v) is 8.56. The molecule has 30 heavy (non-hydrogen) atoms. The van der Waals surface area contributed by atoms with Crippen LogP contribution in [0.25, 0.3) is 0 Å². The Kier molecular flexibility index (Phi) is 4.78. The molecule has 0 radical (unpaired) electrons. The van der Waals surface area contributed by atoms with Crippen LogP contribution in [0, 0.1) is 10.1 Å². The van der Waals surface area contributed by atoms with Gasteiger partial charge < -0.3 is 4.90 Å². The van der Waals surface area contributed by atoms with Crippen LogP contribution < -0.4 is 4.90 Å². The minimum absolute atomic E-state index is 0.0692. The van der Waals surface area contributed by atoms with Crippen molar-refractivity contribution < 1.29 is 4.92 Å². The Morgan fingerprint density at radius 3 is 2.30 bits per heavy atom. The highest BCUT2D eigenvalue weighted by Crippen LogP contribution is 2.59. The van der Waals surface area contributed by atoms with E-state index in [-0.39, 0.29) is 22.1 Å². The zero-order valence-corrected chi connectivity index (χ0v) is 17.0. The van der Waals surface area contributed by atoms with Gasteiger partial charge in [0.15, 0.2) is 0 Å². The molecular weight excluding hydrogens is 372 g/mol. The summed E-state index contributed by atoms with van der Waals surface area (Å²) < 4.78 is 0. The SMILES string of the molecule is O=[N+]([O-])c1ccccc1CN1c2ccccc2C2(CCCCC2)[C@H]1c1ccccc1. The third kappa shape index (κ3) is 2.98. The van der Waals surface area contributed by atoms with Gasteiger partial charge >= 0.3 is 0 Å². The maximum atomic E-state index is 11.7. The molecule has 1 fully saturated rings. The molecule has 3 aromatic carbocycles. The first kappa shape index (κ1) is 18.9. The van der Waals surface area contributed by atoms with Gasteiger partial charge in [-0.25, -0.2) is 0 Å². The van der Waals surface area contributed by atoms with Crippen LogP contribution in [0.15, 0.2) is 78.9 Å². The van der Waals surface area contributed by atoms with E-state index in [1.807, 2.05) is 12.1 Å². The van der Waals surface area contributed by atoms with Crippen molar-refractivity contribution in [2.45, 2.75) is 50.1 Å². The number of rotatable bonds is 4. The van der Waals surface area contributed by atoms with Crippen LogP contribution in [0.1, 0.15) is 54.8 Å². The Hall–Kier alpha value is -3.14. The fourth-order valence-corrected chi connectivity index (χ4v) is 5.77. The van der Waals surface area contributed by atoms with E-state index in [9.17, 15) is 10.1 Å². The summed E-state index contributed by atoms with van der Waals surface area (Å²) in [5.74, 6) is 0. The van der Waals surface area contributed by atoms with Crippen LogP contribution in [0.2, 0.25) is 0 Å². The van der Waals surface area contributed by atoms with Gasteiger partial charge in [-0.1, -0.05) is 86.0 Å². The van der Waals surface area contributed by atoms with Crippen molar-refractivity contribution in [2.75, 3.05) is 4.90 Å².